The van der Waals surface area contributed by atoms with E-state index in [9.17, 15) is 4.79 Å². The fraction of sp³-hybridized carbons (Fsp3) is 0.417. The summed E-state index contributed by atoms with van der Waals surface area (Å²) in [5, 5.41) is 0. The van der Waals surface area contributed by atoms with Crippen LogP contribution < -0.4 is 10.5 Å². The Balaban J connectivity index is 0.00000256. The van der Waals surface area contributed by atoms with Crippen molar-refractivity contribution in [3.8, 4) is 5.75 Å². The van der Waals surface area contributed by atoms with Crippen LogP contribution in [0.5, 0.6) is 5.75 Å². The first-order chi connectivity index (χ1) is 7.76. The number of ether oxygens (including phenoxy) is 2. The molecule has 0 fully saturated rings. The van der Waals surface area contributed by atoms with E-state index >= 15 is 0 Å². The summed E-state index contributed by atoms with van der Waals surface area (Å²) in [6.07, 6.45) is 1.04. The minimum atomic E-state index is -0.206. The molecule has 0 heterocycles. The van der Waals surface area contributed by atoms with Crippen LogP contribution in [-0.4, -0.2) is 19.7 Å². The zero-order valence-corrected chi connectivity index (χ0v) is 10.7. The highest BCUT2D eigenvalue weighted by Gasteiger charge is 2.00. The second-order valence-corrected chi connectivity index (χ2v) is 3.38. The third-order valence-corrected chi connectivity index (χ3v) is 2.18. The Morgan fingerprint density at radius 3 is 2.47 bits per heavy atom. The van der Waals surface area contributed by atoms with E-state index in [0.717, 1.165) is 11.3 Å². The summed E-state index contributed by atoms with van der Waals surface area (Å²) < 4.78 is 9.98. The number of benzene rings is 1. The Kier molecular flexibility index (Phi) is 8.19. The summed E-state index contributed by atoms with van der Waals surface area (Å²) in [5.41, 5.74) is 6.55. The molecule has 96 valence electrons. The molecule has 2 N–H and O–H groups in total. The van der Waals surface area contributed by atoms with Crippen molar-refractivity contribution in [3.63, 3.8) is 0 Å². The Morgan fingerprint density at radius 1 is 1.29 bits per heavy atom. The van der Waals surface area contributed by atoms with Crippen molar-refractivity contribution in [2.75, 3.05) is 13.7 Å². The molecule has 0 aliphatic heterocycles. The van der Waals surface area contributed by atoms with Gasteiger partial charge < -0.3 is 15.2 Å². The lowest BCUT2D eigenvalue weighted by Gasteiger charge is -2.06. The molecule has 0 saturated heterocycles. The molecule has 1 rings (SSSR count). The van der Waals surface area contributed by atoms with Gasteiger partial charge in [0.25, 0.3) is 0 Å². The van der Waals surface area contributed by atoms with Crippen molar-refractivity contribution in [3.05, 3.63) is 29.8 Å². The first-order valence-corrected chi connectivity index (χ1v) is 5.25. The van der Waals surface area contributed by atoms with E-state index in [0.29, 0.717) is 26.0 Å². The normalized spacial score (nSPS) is 9.29. The van der Waals surface area contributed by atoms with E-state index in [-0.39, 0.29) is 18.4 Å². The number of esters is 1. The van der Waals surface area contributed by atoms with Crippen molar-refractivity contribution >= 4 is 18.4 Å². The van der Waals surface area contributed by atoms with E-state index in [4.69, 9.17) is 10.5 Å². The van der Waals surface area contributed by atoms with Gasteiger partial charge in [-0.3, -0.25) is 4.79 Å². The predicted molar refractivity (Wildman–Crippen MR) is 68.3 cm³/mol. The lowest BCUT2D eigenvalue weighted by Crippen LogP contribution is -2.04. The van der Waals surface area contributed by atoms with Crippen LogP contribution in [0, 0.1) is 0 Å². The van der Waals surface area contributed by atoms with Gasteiger partial charge in [-0.05, 0) is 24.1 Å². The highest BCUT2D eigenvalue weighted by Crippen LogP contribution is 2.12. The summed E-state index contributed by atoms with van der Waals surface area (Å²) in [6, 6.07) is 7.60. The topological polar surface area (TPSA) is 61.5 Å². The van der Waals surface area contributed by atoms with E-state index in [2.05, 4.69) is 4.74 Å². The number of rotatable bonds is 6. The maximum atomic E-state index is 10.8. The number of nitrogens with two attached hydrogens (primary N) is 1. The van der Waals surface area contributed by atoms with Crippen molar-refractivity contribution in [2.45, 2.75) is 19.4 Å². The maximum absolute atomic E-state index is 10.8. The molecule has 0 bridgehead atoms. The predicted octanol–water partition coefficient (Wildman–Crippen LogP) is 1.90. The van der Waals surface area contributed by atoms with Gasteiger partial charge in [0.15, 0.2) is 0 Å². The number of methoxy groups -OCH3 is 1. The molecule has 0 spiro atoms. The molecular formula is C12H18ClNO3. The minimum Gasteiger partial charge on any atom is -0.494 e. The molecule has 0 aliphatic rings. The summed E-state index contributed by atoms with van der Waals surface area (Å²) in [5.74, 6) is 0.587. The zero-order chi connectivity index (χ0) is 11.8. The minimum absolute atomic E-state index is 0. The Bertz CT molecular complexity index is 327. The molecule has 0 aromatic heterocycles. The molecule has 4 nitrogen and oxygen atoms in total. The number of carbonyl (C=O) groups excluding carboxylic acids is 1. The average molecular weight is 260 g/mol. The van der Waals surface area contributed by atoms with Gasteiger partial charge in [0, 0.05) is 13.0 Å². The van der Waals surface area contributed by atoms with Crippen molar-refractivity contribution < 1.29 is 14.3 Å². The van der Waals surface area contributed by atoms with Gasteiger partial charge in [-0.15, -0.1) is 12.4 Å². The Morgan fingerprint density at radius 2 is 1.94 bits per heavy atom. The van der Waals surface area contributed by atoms with Crippen LogP contribution in [0.3, 0.4) is 0 Å². The number of halogens is 1. The van der Waals surface area contributed by atoms with Gasteiger partial charge in [-0.25, -0.2) is 0 Å². The van der Waals surface area contributed by atoms with Crippen molar-refractivity contribution in [1.82, 2.24) is 0 Å². The van der Waals surface area contributed by atoms with Gasteiger partial charge in [0.05, 0.1) is 13.7 Å². The maximum Gasteiger partial charge on any atom is 0.305 e. The molecule has 5 heteroatoms. The summed E-state index contributed by atoms with van der Waals surface area (Å²) in [6.45, 7) is 1.04. The van der Waals surface area contributed by atoms with Gasteiger partial charge >= 0.3 is 5.97 Å². The molecule has 1 aromatic rings. The van der Waals surface area contributed by atoms with Crippen LogP contribution in [0.1, 0.15) is 18.4 Å². The number of carbonyl (C=O) groups is 1. The average Bonchev–Trinajstić information content (AvgIpc) is 2.35. The lowest BCUT2D eigenvalue weighted by molar-refractivity contribution is -0.140. The molecule has 0 aliphatic carbocycles. The van der Waals surface area contributed by atoms with Gasteiger partial charge in [-0.2, -0.15) is 0 Å². The summed E-state index contributed by atoms with van der Waals surface area (Å²) in [7, 11) is 1.38. The first-order valence-electron chi connectivity index (χ1n) is 5.25. The molecule has 0 atom stereocenters. The van der Waals surface area contributed by atoms with E-state index in [1.165, 1.54) is 7.11 Å². The quantitative estimate of drug-likeness (QED) is 0.626. The monoisotopic (exact) mass is 259 g/mol. The smallest absolute Gasteiger partial charge is 0.305 e. The second-order valence-electron chi connectivity index (χ2n) is 3.38. The van der Waals surface area contributed by atoms with Crippen LogP contribution in [0.25, 0.3) is 0 Å². The third kappa shape index (κ3) is 6.14. The largest absolute Gasteiger partial charge is 0.494 e. The first kappa shape index (κ1) is 15.7. The number of hydrogen-bond acceptors (Lipinski definition) is 4. The van der Waals surface area contributed by atoms with Crippen LogP contribution in [0.15, 0.2) is 24.3 Å². The van der Waals surface area contributed by atoms with E-state index in [1.807, 2.05) is 24.3 Å². The third-order valence-electron chi connectivity index (χ3n) is 2.18. The molecule has 0 unspecified atom stereocenters. The summed E-state index contributed by atoms with van der Waals surface area (Å²) >= 11 is 0. The van der Waals surface area contributed by atoms with Crippen LogP contribution in [-0.2, 0) is 16.1 Å². The molecule has 17 heavy (non-hydrogen) atoms. The van der Waals surface area contributed by atoms with Crippen molar-refractivity contribution in [1.29, 1.82) is 0 Å². The van der Waals surface area contributed by atoms with Crippen molar-refractivity contribution in [2.24, 2.45) is 5.73 Å². The fourth-order valence-corrected chi connectivity index (χ4v) is 1.23. The Hall–Kier alpha value is -1.26. The lowest BCUT2D eigenvalue weighted by atomic mass is 10.2. The Labute approximate surface area is 108 Å². The van der Waals surface area contributed by atoms with Gasteiger partial charge in [-0.1, -0.05) is 12.1 Å². The molecule has 0 radical (unpaired) electrons. The highest BCUT2D eigenvalue weighted by molar-refractivity contribution is 5.85. The zero-order valence-electron chi connectivity index (χ0n) is 9.85. The van der Waals surface area contributed by atoms with Gasteiger partial charge in [0.2, 0.25) is 0 Å². The van der Waals surface area contributed by atoms with Crippen LogP contribution in [0.2, 0.25) is 0 Å². The standard InChI is InChI=1S/C12H17NO3.ClH/c1-15-12(14)3-2-8-16-11-6-4-10(9-13)5-7-11;/h4-7H,2-3,8-9,13H2,1H3;1H. The fourth-order valence-electron chi connectivity index (χ4n) is 1.23. The second kappa shape index (κ2) is 8.84. The van der Waals surface area contributed by atoms with Crippen LogP contribution in [0.4, 0.5) is 0 Å². The molecule has 1 aromatic carbocycles. The van der Waals surface area contributed by atoms with Crippen LogP contribution >= 0.6 is 12.4 Å². The highest BCUT2D eigenvalue weighted by atomic mass is 35.5. The molecular weight excluding hydrogens is 242 g/mol. The SMILES string of the molecule is COC(=O)CCCOc1ccc(CN)cc1.Cl. The number of hydrogen-bond donors (Lipinski definition) is 1. The van der Waals surface area contributed by atoms with E-state index in [1.54, 1.807) is 0 Å². The summed E-state index contributed by atoms with van der Waals surface area (Å²) in [4.78, 5) is 10.8. The van der Waals surface area contributed by atoms with Gasteiger partial charge in [0.1, 0.15) is 5.75 Å². The molecule has 0 saturated carbocycles. The van der Waals surface area contributed by atoms with E-state index < -0.39 is 0 Å². The molecule has 0 amide bonds.